The van der Waals surface area contributed by atoms with E-state index in [4.69, 9.17) is 10.6 Å². The highest BCUT2D eigenvalue weighted by molar-refractivity contribution is 5.95. The number of aromatic carboxylic acids is 1. The van der Waals surface area contributed by atoms with Crippen LogP contribution in [0.4, 0.5) is 19.0 Å². The Labute approximate surface area is 197 Å². The minimum atomic E-state index is -1.59. The molecule has 1 saturated heterocycles. The lowest BCUT2D eigenvalue weighted by Gasteiger charge is -2.39. The second-order valence-corrected chi connectivity index (χ2v) is 8.35. The van der Waals surface area contributed by atoms with E-state index in [2.05, 4.69) is 10.1 Å². The molecular weight excluding hydrogens is 467 g/mol. The maximum absolute atomic E-state index is 15.2. The molecule has 1 aromatic carbocycles. The maximum atomic E-state index is 15.2. The molecule has 1 fully saturated rings. The van der Waals surface area contributed by atoms with Gasteiger partial charge in [-0.05, 0) is 32.0 Å². The van der Waals surface area contributed by atoms with Crippen LogP contribution in [0.1, 0.15) is 30.6 Å². The first kappa shape index (κ1) is 24.2. The van der Waals surface area contributed by atoms with Crippen LogP contribution in [0.5, 0.6) is 0 Å². The highest BCUT2D eigenvalue weighted by Gasteiger charge is 2.36. The molecule has 9 nitrogen and oxygen atoms in total. The number of piperidine rings is 1. The minimum absolute atomic E-state index is 0.108. The molecule has 0 spiro atoms. The molecule has 0 amide bonds. The molecule has 0 saturated carbocycles. The number of carboxylic acid groups (broad SMARTS) is 1. The first-order chi connectivity index (χ1) is 16.5. The van der Waals surface area contributed by atoms with Gasteiger partial charge in [0.1, 0.15) is 23.8 Å². The molecule has 2 aromatic heterocycles. The van der Waals surface area contributed by atoms with Crippen LogP contribution in [0.3, 0.4) is 0 Å². The number of nitrogens with two attached hydrogens (primary N) is 1. The van der Waals surface area contributed by atoms with Crippen LogP contribution in [0, 0.1) is 17.5 Å². The van der Waals surface area contributed by atoms with Crippen molar-refractivity contribution in [2.45, 2.75) is 25.8 Å². The van der Waals surface area contributed by atoms with Gasteiger partial charge in [-0.25, -0.2) is 22.9 Å². The topological polar surface area (TPSA) is 123 Å². The summed E-state index contributed by atoms with van der Waals surface area (Å²) in [7, 11) is 0. The van der Waals surface area contributed by atoms with Gasteiger partial charge in [0.25, 0.3) is 0 Å². The number of fused-ring (bicyclic) bond motifs is 1. The van der Waals surface area contributed by atoms with Crippen LogP contribution in [0.25, 0.3) is 16.7 Å². The Balaban J connectivity index is 1.91. The molecule has 3 aromatic rings. The lowest BCUT2D eigenvalue weighted by Crippen LogP contribution is -2.59. The zero-order valence-corrected chi connectivity index (χ0v) is 18.9. The minimum Gasteiger partial charge on any atom is -0.477 e. The van der Waals surface area contributed by atoms with Gasteiger partial charge >= 0.3 is 5.97 Å². The third-order valence-electron chi connectivity index (χ3n) is 5.71. The first-order valence-electron chi connectivity index (χ1n) is 10.7. The standard InChI is InChI=1S/C23H22F3N5O4/c1-3-35-29-18-6-7-30(11-23(18,2)27)21-16(26)9-13-19(32)14(22(33)34)10-31(20(13)28-21)17-5-4-12(24)8-15(17)25/h4-5,8-10H,3,6-7,11,27H2,1-2H3,(H,33,34)/b29-18-. The van der Waals surface area contributed by atoms with Gasteiger partial charge < -0.3 is 20.6 Å². The predicted octanol–water partition coefficient (Wildman–Crippen LogP) is 2.82. The monoisotopic (exact) mass is 489 g/mol. The Morgan fingerprint density at radius 3 is 2.66 bits per heavy atom. The molecule has 4 rings (SSSR count). The summed E-state index contributed by atoms with van der Waals surface area (Å²) < 4.78 is 44.3. The molecule has 1 aliphatic rings. The van der Waals surface area contributed by atoms with Crippen LogP contribution in [0.15, 0.2) is 40.4 Å². The Hall–Kier alpha value is -3.93. The first-order valence-corrected chi connectivity index (χ1v) is 10.7. The number of rotatable bonds is 5. The smallest absolute Gasteiger partial charge is 0.341 e. The number of carboxylic acids is 1. The molecule has 35 heavy (non-hydrogen) atoms. The van der Waals surface area contributed by atoms with E-state index in [0.717, 1.165) is 29.0 Å². The van der Waals surface area contributed by atoms with Crippen LogP contribution in [0.2, 0.25) is 0 Å². The van der Waals surface area contributed by atoms with Crippen molar-refractivity contribution in [3.63, 3.8) is 0 Å². The average Bonchev–Trinajstić information content (AvgIpc) is 2.78. The van der Waals surface area contributed by atoms with Gasteiger partial charge in [0, 0.05) is 31.8 Å². The molecule has 0 bridgehead atoms. The summed E-state index contributed by atoms with van der Waals surface area (Å²) in [6, 6.07) is 3.51. The number of pyridine rings is 2. The molecule has 3 N–H and O–H groups in total. The quantitative estimate of drug-likeness (QED) is 0.529. The van der Waals surface area contributed by atoms with Crippen molar-refractivity contribution in [2.75, 3.05) is 24.6 Å². The molecule has 0 aliphatic carbocycles. The third kappa shape index (κ3) is 4.44. The molecule has 0 radical (unpaired) electrons. The molecule has 184 valence electrons. The molecular formula is C23H22F3N5O4. The lowest BCUT2D eigenvalue weighted by atomic mass is 9.90. The van der Waals surface area contributed by atoms with Crippen LogP contribution < -0.4 is 16.1 Å². The van der Waals surface area contributed by atoms with E-state index in [0.29, 0.717) is 24.8 Å². The fourth-order valence-corrected chi connectivity index (χ4v) is 4.02. The number of nitrogens with zero attached hydrogens (tertiary/aromatic N) is 4. The zero-order chi connectivity index (χ0) is 25.5. The van der Waals surface area contributed by atoms with Gasteiger partial charge in [0.2, 0.25) is 5.43 Å². The number of anilines is 1. The Morgan fingerprint density at radius 2 is 2.03 bits per heavy atom. The average molecular weight is 489 g/mol. The second kappa shape index (κ2) is 9.02. The van der Waals surface area contributed by atoms with E-state index < -0.39 is 40.0 Å². The van der Waals surface area contributed by atoms with E-state index in [1.165, 1.54) is 0 Å². The predicted molar refractivity (Wildman–Crippen MR) is 123 cm³/mol. The number of hydrogen-bond acceptors (Lipinski definition) is 7. The van der Waals surface area contributed by atoms with E-state index >= 15 is 4.39 Å². The molecule has 1 unspecified atom stereocenters. The molecule has 1 atom stereocenters. The molecule has 12 heteroatoms. The lowest BCUT2D eigenvalue weighted by molar-refractivity contribution is 0.0695. The van der Waals surface area contributed by atoms with E-state index in [-0.39, 0.29) is 35.6 Å². The van der Waals surface area contributed by atoms with Crippen LogP contribution >= 0.6 is 0 Å². The van der Waals surface area contributed by atoms with Gasteiger partial charge in [-0.15, -0.1) is 0 Å². The van der Waals surface area contributed by atoms with Gasteiger partial charge in [0.05, 0.1) is 22.3 Å². The number of hydrogen-bond donors (Lipinski definition) is 2. The van der Waals surface area contributed by atoms with Crippen molar-refractivity contribution in [3.05, 3.63) is 63.7 Å². The van der Waals surface area contributed by atoms with Gasteiger partial charge in [-0.1, -0.05) is 5.16 Å². The molecule has 1 aliphatic heterocycles. The normalized spacial score (nSPS) is 19.4. The number of aromatic nitrogens is 2. The van der Waals surface area contributed by atoms with Crippen molar-refractivity contribution < 1.29 is 27.9 Å². The number of benzene rings is 1. The fourth-order valence-electron chi connectivity index (χ4n) is 4.02. The van der Waals surface area contributed by atoms with Gasteiger partial charge in [-0.2, -0.15) is 0 Å². The Bertz CT molecular complexity index is 1420. The highest BCUT2D eigenvalue weighted by atomic mass is 19.1. The number of oxime groups is 1. The second-order valence-electron chi connectivity index (χ2n) is 8.35. The summed E-state index contributed by atoms with van der Waals surface area (Å²) >= 11 is 0. The SMILES string of the molecule is CCO/N=C1/CCN(c2nc3c(cc2F)c(=O)c(C(=O)O)cn3-c2ccc(F)cc2F)CC1(C)N. The Kier molecular flexibility index (Phi) is 6.24. The van der Waals surface area contributed by atoms with Crippen LogP contribution in [-0.2, 0) is 4.84 Å². The summed E-state index contributed by atoms with van der Waals surface area (Å²) in [4.78, 5) is 35.4. The van der Waals surface area contributed by atoms with E-state index in [1.54, 1.807) is 18.7 Å². The maximum Gasteiger partial charge on any atom is 0.341 e. The summed E-state index contributed by atoms with van der Waals surface area (Å²) in [6.45, 7) is 4.23. The summed E-state index contributed by atoms with van der Waals surface area (Å²) in [5, 5.41) is 13.1. The largest absolute Gasteiger partial charge is 0.477 e. The van der Waals surface area contributed by atoms with Crippen molar-refractivity contribution in [1.29, 1.82) is 0 Å². The van der Waals surface area contributed by atoms with Gasteiger partial charge in [0.15, 0.2) is 17.3 Å². The highest BCUT2D eigenvalue weighted by Crippen LogP contribution is 2.28. The summed E-state index contributed by atoms with van der Waals surface area (Å²) in [6.07, 6.45) is 1.23. The third-order valence-corrected chi connectivity index (χ3v) is 5.71. The Morgan fingerprint density at radius 1 is 1.29 bits per heavy atom. The van der Waals surface area contributed by atoms with E-state index in [1.807, 2.05) is 0 Å². The molecule has 3 heterocycles. The van der Waals surface area contributed by atoms with Crippen molar-refractivity contribution in [2.24, 2.45) is 10.9 Å². The summed E-state index contributed by atoms with van der Waals surface area (Å²) in [5.74, 6) is -4.51. The van der Waals surface area contributed by atoms with Crippen molar-refractivity contribution >= 4 is 28.5 Å². The van der Waals surface area contributed by atoms with Crippen molar-refractivity contribution in [3.8, 4) is 5.69 Å². The van der Waals surface area contributed by atoms with Crippen molar-refractivity contribution in [1.82, 2.24) is 9.55 Å². The summed E-state index contributed by atoms with van der Waals surface area (Å²) in [5.41, 5.74) is 3.81. The van der Waals surface area contributed by atoms with Gasteiger partial charge in [-0.3, -0.25) is 9.36 Å². The van der Waals surface area contributed by atoms with E-state index in [9.17, 15) is 23.5 Å². The number of halogens is 3. The number of carbonyl (C=O) groups is 1. The van der Waals surface area contributed by atoms with Crippen LogP contribution in [-0.4, -0.2) is 51.6 Å². The fraction of sp³-hybridized carbons (Fsp3) is 0.304. The zero-order valence-electron chi connectivity index (χ0n) is 18.9.